The van der Waals surface area contributed by atoms with E-state index in [1.54, 1.807) is 0 Å². The number of rotatable bonds is 2. The Balaban J connectivity index is 1.85. The molecule has 1 aromatic rings. The Labute approximate surface area is 121 Å². The van der Waals surface area contributed by atoms with Crippen LogP contribution in [0.4, 0.5) is 0 Å². The zero-order valence-corrected chi connectivity index (χ0v) is 12.6. The number of piperazine rings is 1. The van der Waals surface area contributed by atoms with Gasteiger partial charge in [0.25, 0.3) is 0 Å². The fourth-order valence-corrected chi connectivity index (χ4v) is 3.23. The van der Waals surface area contributed by atoms with Gasteiger partial charge in [-0.2, -0.15) is 0 Å². The third-order valence-corrected chi connectivity index (χ3v) is 4.72. The SMILES string of the molecule is CC1CNC(C)(C)CN1C(=O)C1(c2ccccc2)CC1. The Bertz CT molecular complexity index is 505. The zero-order valence-electron chi connectivity index (χ0n) is 12.6. The van der Waals surface area contributed by atoms with Crippen LogP contribution in [0.1, 0.15) is 39.2 Å². The standard InChI is InChI=1S/C17H24N2O/c1-13-11-18-16(2,3)12-19(13)15(20)17(9-10-17)14-7-5-4-6-8-14/h4-8,13,18H,9-12H2,1-3H3. The lowest BCUT2D eigenvalue weighted by Gasteiger charge is -2.44. The van der Waals surface area contributed by atoms with Crippen molar-refractivity contribution in [2.24, 2.45) is 0 Å². The van der Waals surface area contributed by atoms with Gasteiger partial charge in [-0.1, -0.05) is 30.3 Å². The molecule has 0 aromatic heterocycles. The van der Waals surface area contributed by atoms with Crippen molar-refractivity contribution in [3.8, 4) is 0 Å². The van der Waals surface area contributed by atoms with Crippen molar-refractivity contribution in [2.75, 3.05) is 13.1 Å². The second-order valence-electron chi connectivity index (χ2n) is 6.99. The summed E-state index contributed by atoms with van der Waals surface area (Å²) in [7, 11) is 0. The van der Waals surface area contributed by atoms with Gasteiger partial charge >= 0.3 is 0 Å². The van der Waals surface area contributed by atoms with Crippen molar-refractivity contribution in [3.63, 3.8) is 0 Å². The van der Waals surface area contributed by atoms with Crippen molar-refractivity contribution < 1.29 is 4.79 Å². The number of hydrogen-bond donors (Lipinski definition) is 1. The number of benzene rings is 1. The lowest BCUT2D eigenvalue weighted by atomic mass is 9.91. The van der Waals surface area contributed by atoms with Crippen LogP contribution in [0.25, 0.3) is 0 Å². The number of carbonyl (C=O) groups excluding carboxylic acids is 1. The first kappa shape index (κ1) is 13.6. The lowest BCUT2D eigenvalue weighted by Crippen LogP contribution is -2.63. The molecule has 20 heavy (non-hydrogen) atoms. The zero-order chi connectivity index (χ0) is 14.4. The van der Waals surface area contributed by atoms with Crippen molar-refractivity contribution in [1.82, 2.24) is 10.2 Å². The Morgan fingerprint density at radius 1 is 1.25 bits per heavy atom. The monoisotopic (exact) mass is 272 g/mol. The molecule has 1 saturated heterocycles. The third-order valence-electron chi connectivity index (χ3n) is 4.72. The van der Waals surface area contributed by atoms with Crippen LogP contribution in [0.5, 0.6) is 0 Å². The average Bonchev–Trinajstić information content (AvgIpc) is 3.23. The Morgan fingerprint density at radius 3 is 2.50 bits per heavy atom. The summed E-state index contributed by atoms with van der Waals surface area (Å²) in [4.78, 5) is 15.2. The highest BCUT2D eigenvalue weighted by Crippen LogP contribution is 2.50. The van der Waals surface area contributed by atoms with Crippen LogP contribution in [0.3, 0.4) is 0 Å². The van der Waals surface area contributed by atoms with Gasteiger partial charge in [0, 0.05) is 24.7 Å². The minimum absolute atomic E-state index is 0.00887. The lowest BCUT2D eigenvalue weighted by molar-refractivity contribution is -0.138. The molecule has 1 heterocycles. The Morgan fingerprint density at radius 2 is 1.90 bits per heavy atom. The highest BCUT2D eigenvalue weighted by Gasteiger charge is 2.54. The van der Waals surface area contributed by atoms with Gasteiger partial charge in [-0.25, -0.2) is 0 Å². The fourth-order valence-electron chi connectivity index (χ4n) is 3.23. The second kappa shape index (κ2) is 4.59. The molecule has 1 saturated carbocycles. The molecular weight excluding hydrogens is 248 g/mol. The molecule has 2 fully saturated rings. The van der Waals surface area contributed by atoms with E-state index in [1.165, 1.54) is 5.56 Å². The molecule has 0 bridgehead atoms. The number of nitrogens with one attached hydrogen (secondary N) is 1. The van der Waals surface area contributed by atoms with Crippen LogP contribution in [0.2, 0.25) is 0 Å². The summed E-state index contributed by atoms with van der Waals surface area (Å²) >= 11 is 0. The van der Waals surface area contributed by atoms with Gasteiger partial charge in [0.2, 0.25) is 5.91 Å². The number of hydrogen-bond acceptors (Lipinski definition) is 2. The maximum Gasteiger partial charge on any atom is 0.233 e. The molecule has 0 radical (unpaired) electrons. The van der Waals surface area contributed by atoms with Gasteiger partial charge in [0.05, 0.1) is 5.41 Å². The minimum atomic E-state index is -0.233. The van der Waals surface area contributed by atoms with Crippen molar-refractivity contribution >= 4 is 5.91 Å². The van der Waals surface area contributed by atoms with Crippen LogP contribution in [-0.2, 0) is 10.2 Å². The van der Waals surface area contributed by atoms with Gasteiger partial charge in [-0.05, 0) is 39.2 Å². The summed E-state index contributed by atoms with van der Waals surface area (Å²) in [6.07, 6.45) is 1.99. The second-order valence-corrected chi connectivity index (χ2v) is 6.99. The van der Waals surface area contributed by atoms with Crippen LogP contribution in [0, 0.1) is 0 Å². The topological polar surface area (TPSA) is 32.3 Å². The predicted octanol–water partition coefficient (Wildman–Crippen LogP) is 2.32. The highest BCUT2D eigenvalue weighted by atomic mass is 16.2. The molecule has 1 unspecified atom stereocenters. The molecule has 1 aromatic carbocycles. The van der Waals surface area contributed by atoms with E-state index in [4.69, 9.17) is 0 Å². The summed E-state index contributed by atoms with van der Waals surface area (Å²) in [5, 5.41) is 3.51. The molecule has 2 aliphatic rings. The Hall–Kier alpha value is -1.35. The number of carbonyl (C=O) groups is 1. The van der Waals surface area contributed by atoms with Crippen molar-refractivity contribution in [2.45, 2.75) is 50.6 Å². The molecular formula is C17H24N2O. The smallest absolute Gasteiger partial charge is 0.233 e. The van der Waals surface area contributed by atoms with Crippen molar-refractivity contribution in [1.29, 1.82) is 0 Å². The van der Waals surface area contributed by atoms with E-state index in [2.05, 4.69) is 43.1 Å². The van der Waals surface area contributed by atoms with Crippen LogP contribution < -0.4 is 5.32 Å². The molecule has 1 amide bonds. The first-order chi connectivity index (χ1) is 9.45. The van der Waals surface area contributed by atoms with E-state index in [0.717, 1.165) is 25.9 Å². The van der Waals surface area contributed by atoms with E-state index in [9.17, 15) is 4.79 Å². The van der Waals surface area contributed by atoms with Gasteiger partial charge < -0.3 is 10.2 Å². The van der Waals surface area contributed by atoms with E-state index in [0.29, 0.717) is 5.91 Å². The van der Waals surface area contributed by atoms with Gasteiger partial charge in [-0.3, -0.25) is 4.79 Å². The summed E-state index contributed by atoms with van der Waals surface area (Å²) in [6.45, 7) is 8.15. The van der Waals surface area contributed by atoms with Crippen LogP contribution >= 0.6 is 0 Å². The average molecular weight is 272 g/mol. The molecule has 3 heteroatoms. The van der Waals surface area contributed by atoms with E-state index >= 15 is 0 Å². The van der Waals surface area contributed by atoms with Crippen LogP contribution in [-0.4, -0.2) is 35.5 Å². The van der Waals surface area contributed by atoms with Gasteiger partial charge in [0.15, 0.2) is 0 Å². The highest BCUT2D eigenvalue weighted by molar-refractivity contribution is 5.91. The van der Waals surface area contributed by atoms with Crippen molar-refractivity contribution in [3.05, 3.63) is 35.9 Å². The quantitative estimate of drug-likeness (QED) is 0.896. The maximum atomic E-state index is 13.1. The molecule has 1 aliphatic carbocycles. The summed E-state index contributed by atoms with van der Waals surface area (Å²) < 4.78 is 0. The van der Waals surface area contributed by atoms with E-state index < -0.39 is 0 Å². The Kier molecular flexibility index (Phi) is 3.13. The first-order valence-electron chi connectivity index (χ1n) is 7.56. The van der Waals surface area contributed by atoms with Gasteiger partial charge in [-0.15, -0.1) is 0 Å². The van der Waals surface area contributed by atoms with E-state index in [1.807, 2.05) is 18.2 Å². The summed E-state index contributed by atoms with van der Waals surface area (Å²) in [5.41, 5.74) is 0.964. The third kappa shape index (κ3) is 2.24. The molecule has 3 rings (SSSR count). The maximum absolute atomic E-state index is 13.1. The minimum Gasteiger partial charge on any atom is -0.336 e. The predicted molar refractivity (Wildman–Crippen MR) is 80.6 cm³/mol. The fraction of sp³-hybridized carbons (Fsp3) is 0.588. The molecule has 0 spiro atoms. The molecule has 1 N–H and O–H groups in total. The first-order valence-corrected chi connectivity index (χ1v) is 7.56. The molecule has 1 atom stereocenters. The molecule has 108 valence electrons. The number of amides is 1. The summed E-state index contributed by atoms with van der Waals surface area (Å²) in [6, 6.07) is 10.6. The van der Waals surface area contributed by atoms with E-state index in [-0.39, 0.29) is 17.0 Å². The summed E-state index contributed by atoms with van der Waals surface area (Å²) in [5.74, 6) is 0.325. The molecule has 3 nitrogen and oxygen atoms in total. The number of nitrogens with zero attached hydrogens (tertiary/aromatic N) is 1. The normalized spacial score (nSPS) is 27.1. The molecule has 1 aliphatic heterocycles. The van der Waals surface area contributed by atoms with Crippen LogP contribution in [0.15, 0.2) is 30.3 Å². The largest absolute Gasteiger partial charge is 0.336 e. The van der Waals surface area contributed by atoms with Gasteiger partial charge in [0.1, 0.15) is 0 Å².